The summed E-state index contributed by atoms with van der Waals surface area (Å²) in [5, 5.41) is 2.59. The predicted molar refractivity (Wildman–Crippen MR) is 114 cm³/mol. The molecule has 1 fully saturated rings. The van der Waals surface area contributed by atoms with Crippen LogP contribution in [-0.2, 0) is 9.59 Å². The minimum Gasteiger partial charge on any atom is -0.495 e. The maximum absolute atomic E-state index is 13.8. The van der Waals surface area contributed by atoms with E-state index in [0.29, 0.717) is 28.2 Å². The van der Waals surface area contributed by atoms with Crippen LogP contribution < -0.4 is 10.1 Å². The third kappa shape index (κ3) is 4.89. The molecule has 0 radical (unpaired) electrons. The monoisotopic (exact) mass is 435 g/mol. The quantitative estimate of drug-likeness (QED) is 0.752. The molecule has 1 heterocycles. The van der Waals surface area contributed by atoms with Crippen LogP contribution in [0.3, 0.4) is 0 Å². The molecule has 29 heavy (non-hydrogen) atoms. The first kappa shape index (κ1) is 21.1. The lowest BCUT2D eigenvalue weighted by Crippen LogP contribution is -2.45. The topological polar surface area (TPSA) is 71.0 Å². The molecule has 0 aliphatic carbocycles. The van der Waals surface area contributed by atoms with Crippen molar-refractivity contribution in [3.8, 4) is 5.75 Å². The fourth-order valence-corrected chi connectivity index (χ4v) is 4.18. The molecule has 2 amide bonds. The second-order valence-electron chi connectivity index (χ2n) is 6.13. The Hall–Kier alpha value is -2.58. The number of nitrogens with zero attached hydrogens (tertiary/aromatic N) is 2. The number of benzene rings is 2. The summed E-state index contributed by atoms with van der Waals surface area (Å²) in [5.74, 6) is -0.703. The molecular formula is C20H19ClFN3O3S. The third-order valence-corrected chi connectivity index (χ3v) is 5.72. The van der Waals surface area contributed by atoms with Gasteiger partial charge >= 0.3 is 0 Å². The number of amidine groups is 1. The second kappa shape index (κ2) is 9.28. The van der Waals surface area contributed by atoms with E-state index in [1.54, 1.807) is 24.3 Å². The number of ether oxygens (including phenoxy) is 1. The van der Waals surface area contributed by atoms with E-state index in [1.807, 2.05) is 6.92 Å². The molecular weight excluding hydrogens is 417 g/mol. The average Bonchev–Trinajstić information content (AvgIpc) is 2.69. The first-order chi connectivity index (χ1) is 13.9. The van der Waals surface area contributed by atoms with Crippen LogP contribution in [0, 0.1) is 5.82 Å². The van der Waals surface area contributed by atoms with E-state index in [0.717, 1.165) is 11.8 Å². The van der Waals surface area contributed by atoms with Crippen LogP contribution in [0.2, 0.25) is 5.02 Å². The maximum atomic E-state index is 13.8. The molecule has 1 aliphatic heterocycles. The van der Waals surface area contributed by atoms with E-state index in [1.165, 1.54) is 30.2 Å². The van der Waals surface area contributed by atoms with Gasteiger partial charge < -0.3 is 10.1 Å². The highest BCUT2D eigenvalue weighted by atomic mass is 35.5. The van der Waals surface area contributed by atoms with Gasteiger partial charge in [0.25, 0.3) is 0 Å². The van der Waals surface area contributed by atoms with Crippen LogP contribution in [-0.4, -0.2) is 40.8 Å². The van der Waals surface area contributed by atoms with Gasteiger partial charge in [-0.1, -0.05) is 35.5 Å². The number of hydrogen-bond donors (Lipinski definition) is 1. The zero-order valence-electron chi connectivity index (χ0n) is 15.8. The van der Waals surface area contributed by atoms with Crippen molar-refractivity contribution in [2.24, 2.45) is 4.99 Å². The molecule has 1 unspecified atom stereocenters. The first-order valence-corrected chi connectivity index (χ1v) is 10.1. The number of halogens is 2. The lowest BCUT2D eigenvalue weighted by Gasteiger charge is -2.31. The minimum absolute atomic E-state index is 0.00117. The molecule has 6 nitrogen and oxygen atoms in total. The number of nitrogens with one attached hydrogen (secondary N) is 1. The van der Waals surface area contributed by atoms with Crippen molar-refractivity contribution >= 4 is 51.7 Å². The van der Waals surface area contributed by atoms with E-state index in [2.05, 4.69) is 10.3 Å². The van der Waals surface area contributed by atoms with Crippen LogP contribution in [0.25, 0.3) is 0 Å². The number of aliphatic imine (C=N–C) groups is 1. The van der Waals surface area contributed by atoms with Crippen LogP contribution in [0.5, 0.6) is 5.75 Å². The Morgan fingerprint density at radius 3 is 2.79 bits per heavy atom. The normalized spacial score (nSPS) is 18.1. The summed E-state index contributed by atoms with van der Waals surface area (Å²) in [6.45, 7) is 2.24. The number of anilines is 1. The first-order valence-electron chi connectivity index (χ1n) is 8.87. The molecule has 152 valence electrons. The zero-order chi connectivity index (χ0) is 21.0. The lowest BCUT2D eigenvalue weighted by atomic mass is 10.2. The van der Waals surface area contributed by atoms with E-state index >= 15 is 0 Å². The fourth-order valence-electron chi connectivity index (χ4n) is 2.76. The summed E-state index contributed by atoms with van der Waals surface area (Å²) in [7, 11) is 1.51. The summed E-state index contributed by atoms with van der Waals surface area (Å²) in [6, 6.07) is 10.9. The van der Waals surface area contributed by atoms with E-state index in [-0.39, 0.29) is 18.0 Å². The number of thioether (sulfide) groups is 1. The smallest absolute Gasteiger partial charge is 0.238 e. The average molecular weight is 436 g/mol. The van der Waals surface area contributed by atoms with Gasteiger partial charge in [-0.15, -0.1) is 0 Å². The Labute approximate surface area is 177 Å². The van der Waals surface area contributed by atoms with Crippen LogP contribution in [0.4, 0.5) is 15.8 Å². The number of rotatable bonds is 5. The summed E-state index contributed by atoms with van der Waals surface area (Å²) in [5.41, 5.74) is 0.601. The van der Waals surface area contributed by atoms with Gasteiger partial charge in [-0.25, -0.2) is 9.38 Å². The summed E-state index contributed by atoms with van der Waals surface area (Å²) in [6.07, 6.45) is 0.00117. The molecule has 2 aromatic rings. The predicted octanol–water partition coefficient (Wildman–Crippen LogP) is 4.47. The highest BCUT2D eigenvalue weighted by Crippen LogP contribution is 2.33. The van der Waals surface area contributed by atoms with Crippen LogP contribution in [0.15, 0.2) is 47.5 Å². The molecule has 1 N–H and O–H groups in total. The molecule has 3 rings (SSSR count). The van der Waals surface area contributed by atoms with Crippen molar-refractivity contribution in [1.29, 1.82) is 0 Å². The number of amides is 2. The molecule has 2 aromatic carbocycles. The Balaban J connectivity index is 1.84. The van der Waals surface area contributed by atoms with E-state index in [4.69, 9.17) is 16.3 Å². The number of carbonyl (C=O) groups excluding carboxylic acids is 2. The van der Waals surface area contributed by atoms with Crippen molar-refractivity contribution < 1.29 is 18.7 Å². The number of para-hydroxylation sites is 1. The Kier molecular flexibility index (Phi) is 6.76. The Morgan fingerprint density at radius 1 is 1.38 bits per heavy atom. The van der Waals surface area contributed by atoms with Crippen LogP contribution >= 0.6 is 23.4 Å². The molecule has 0 saturated carbocycles. The zero-order valence-corrected chi connectivity index (χ0v) is 17.4. The molecule has 0 bridgehead atoms. The summed E-state index contributed by atoms with van der Waals surface area (Å²) in [4.78, 5) is 31.2. The molecule has 9 heteroatoms. The molecule has 1 aliphatic rings. The van der Waals surface area contributed by atoms with E-state index < -0.39 is 17.0 Å². The number of hydrogen-bond acceptors (Lipinski definition) is 5. The number of carbonyl (C=O) groups is 2. The second-order valence-corrected chi connectivity index (χ2v) is 7.71. The standard InChI is InChI=1S/C20H19ClFN3O3S/c1-3-25-18(26)11-17(19(27)24-15-7-5-4-6-14(15)22)29-20(25)23-12-8-9-16(28-2)13(21)10-12/h4-10,17H,3,11H2,1-2H3,(H,24,27). The summed E-state index contributed by atoms with van der Waals surface area (Å²) >= 11 is 7.31. The molecule has 1 saturated heterocycles. The van der Waals surface area contributed by atoms with Gasteiger partial charge in [0.1, 0.15) is 16.8 Å². The largest absolute Gasteiger partial charge is 0.495 e. The highest BCUT2D eigenvalue weighted by Gasteiger charge is 2.35. The van der Waals surface area contributed by atoms with Gasteiger partial charge in [-0.3, -0.25) is 14.5 Å². The van der Waals surface area contributed by atoms with Crippen molar-refractivity contribution in [2.45, 2.75) is 18.6 Å². The van der Waals surface area contributed by atoms with Crippen LogP contribution in [0.1, 0.15) is 13.3 Å². The fraction of sp³-hybridized carbons (Fsp3) is 0.250. The van der Waals surface area contributed by atoms with Gasteiger partial charge in [-0.05, 0) is 37.3 Å². The molecule has 0 spiro atoms. The maximum Gasteiger partial charge on any atom is 0.238 e. The van der Waals surface area contributed by atoms with Crippen molar-refractivity contribution in [1.82, 2.24) is 4.90 Å². The van der Waals surface area contributed by atoms with Gasteiger partial charge in [-0.2, -0.15) is 0 Å². The van der Waals surface area contributed by atoms with Gasteiger partial charge in [0.2, 0.25) is 11.8 Å². The summed E-state index contributed by atoms with van der Waals surface area (Å²) < 4.78 is 19.0. The SMILES string of the molecule is CCN1C(=O)CC(C(=O)Nc2ccccc2F)SC1=Nc1ccc(OC)c(Cl)c1. The highest BCUT2D eigenvalue weighted by molar-refractivity contribution is 8.15. The number of methoxy groups -OCH3 is 1. The Bertz CT molecular complexity index is 970. The minimum atomic E-state index is -0.725. The van der Waals surface area contributed by atoms with Gasteiger partial charge in [0.15, 0.2) is 5.17 Å². The Morgan fingerprint density at radius 2 is 2.14 bits per heavy atom. The van der Waals surface area contributed by atoms with Crippen molar-refractivity contribution in [3.63, 3.8) is 0 Å². The third-order valence-electron chi connectivity index (χ3n) is 4.24. The molecule has 0 aromatic heterocycles. The lowest BCUT2D eigenvalue weighted by molar-refractivity contribution is -0.129. The van der Waals surface area contributed by atoms with Gasteiger partial charge in [0, 0.05) is 13.0 Å². The van der Waals surface area contributed by atoms with Gasteiger partial charge in [0.05, 0.1) is 23.5 Å². The van der Waals surface area contributed by atoms with E-state index in [9.17, 15) is 14.0 Å². The van der Waals surface area contributed by atoms with Crippen molar-refractivity contribution in [3.05, 3.63) is 53.3 Å². The van der Waals surface area contributed by atoms with Crippen molar-refractivity contribution in [2.75, 3.05) is 19.0 Å². The molecule has 1 atom stereocenters.